The Morgan fingerprint density at radius 1 is 1.32 bits per heavy atom. The molecule has 1 aromatic carbocycles. The third kappa shape index (κ3) is 4.64. The molecule has 6 nitrogen and oxygen atoms in total. The third-order valence-electron chi connectivity index (χ3n) is 5.29. The zero-order valence-corrected chi connectivity index (χ0v) is 15.3. The highest BCUT2D eigenvalue weighted by atomic mass is 16.5. The number of anilines is 1. The molecule has 2 heterocycles. The first-order valence-electron chi connectivity index (χ1n) is 9.15. The first-order valence-corrected chi connectivity index (χ1v) is 9.15. The van der Waals surface area contributed by atoms with E-state index >= 15 is 0 Å². The van der Waals surface area contributed by atoms with Gasteiger partial charge in [-0.25, -0.2) is 0 Å². The van der Waals surface area contributed by atoms with E-state index in [9.17, 15) is 0 Å². The second kappa shape index (κ2) is 8.54. The Morgan fingerprint density at radius 2 is 2.08 bits per heavy atom. The van der Waals surface area contributed by atoms with Crippen LogP contribution < -0.4 is 15.5 Å². The van der Waals surface area contributed by atoms with Crippen molar-refractivity contribution < 1.29 is 9.47 Å². The zero-order chi connectivity index (χ0) is 17.5. The lowest BCUT2D eigenvalue weighted by molar-refractivity contribution is -0.0855. The van der Waals surface area contributed by atoms with Crippen molar-refractivity contribution in [1.82, 2.24) is 10.6 Å². The number of para-hydroxylation sites is 1. The van der Waals surface area contributed by atoms with Gasteiger partial charge in [0.1, 0.15) is 0 Å². The van der Waals surface area contributed by atoms with E-state index in [2.05, 4.69) is 50.9 Å². The summed E-state index contributed by atoms with van der Waals surface area (Å²) in [5, 5.41) is 7.01. The molecule has 1 atom stereocenters. The minimum Gasteiger partial charge on any atom is -0.381 e. The van der Waals surface area contributed by atoms with E-state index in [1.165, 1.54) is 5.69 Å². The van der Waals surface area contributed by atoms with Crippen LogP contribution >= 0.6 is 0 Å². The van der Waals surface area contributed by atoms with E-state index in [0.717, 1.165) is 58.1 Å². The maximum atomic E-state index is 5.79. The Labute approximate surface area is 150 Å². The molecule has 0 saturated carbocycles. The fourth-order valence-corrected chi connectivity index (χ4v) is 3.58. The van der Waals surface area contributed by atoms with Gasteiger partial charge in [-0.1, -0.05) is 18.2 Å². The molecule has 2 aliphatic rings. The molecule has 1 unspecified atom stereocenters. The molecule has 0 spiro atoms. The Bertz CT molecular complexity index is 558. The van der Waals surface area contributed by atoms with Crippen LogP contribution in [0.2, 0.25) is 0 Å². The maximum absolute atomic E-state index is 5.79. The average molecular weight is 346 g/mol. The molecule has 2 N–H and O–H groups in total. The number of methoxy groups -OCH3 is 1. The largest absolute Gasteiger partial charge is 0.381 e. The molecule has 0 amide bonds. The molecule has 0 radical (unpaired) electrons. The number of nitrogens with zero attached hydrogens (tertiary/aromatic N) is 2. The Morgan fingerprint density at radius 3 is 2.76 bits per heavy atom. The fraction of sp³-hybridized carbons (Fsp3) is 0.632. The van der Waals surface area contributed by atoms with Crippen molar-refractivity contribution in [2.45, 2.75) is 30.9 Å². The number of nitrogens with one attached hydrogen (secondary N) is 2. The van der Waals surface area contributed by atoms with Crippen LogP contribution in [0.1, 0.15) is 19.3 Å². The number of hydrogen-bond acceptors (Lipinski definition) is 4. The summed E-state index contributed by atoms with van der Waals surface area (Å²) < 4.78 is 11.2. The predicted octanol–water partition coefficient (Wildman–Crippen LogP) is 1.63. The van der Waals surface area contributed by atoms with Crippen LogP contribution in [-0.2, 0) is 9.47 Å². The summed E-state index contributed by atoms with van der Waals surface area (Å²) in [6, 6.07) is 11.0. The molecule has 6 heteroatoms. The molecular formula is C19H30N4O2. The number of aliphatic imine (C=N–C) groups is 1. The normalized spacial score (nSPS) is 23.5. The summed E-state index contributed by atoms with van der Waals surface area (Å²) in [5.41, 5.74) is 1.14. The molecule has 3 rings (SSSR count). The van der Waals surface area contributed by atoms with Crippen molar-refractivity contribution >= 4 is 11.6 Å². The van der Waals surface area contributed by atoms with Crippen LogP contribution in [0.3, 0.4) is 0 Å². The van der Waals surface area contributed by atoms with Crippen LogP contribution in [0.25, 0.3) is 0 Å². The highest BCUT2D eigenvalue weighted by molar-refractivity contribution is 5.80. The van der Waals surface area contributed by atoms with Crippen LogP contribution in [0.5, 0.6) is 0 Å². The number of ether oxygens (including phenoxy) is 2. The van der Waals surface area contributed by atoms with Gasteiger partial charge >= 0.3 is 0 Å². The smallest absolute Gasteiger partial charge is 0.191 e. The Kier molecular flexibility index (Phi) is 6.15. The van der Waals surface area contributed by atoms with Gasteiger partial charge in [0.25, 0.3) is 0 Å². The summed E-state index contributed by atoms with van der Waals surface area (Å²) in [6.45, 7) is 4.33. The third-order valence-corrected chi connectivity index (χ3v) is 5.29. The van der Waals surface area contributed by atoms with Crippen molar-refractivity contribution in [3.8, 4) is 0 Å². The lowest BCUT2D eigenvalue weighted by Gasteiger charge is -2.36. The molecule has 0 bridgehead atoms. The molecule has 1 aromatic rings. The summed E-state index contributed by atoms with van der Waals surface area (Å²) in [5.74, 6) is 0.850. The zero-order valence-electron chi connectivity index (χ0n) is 15.3. The van der Waals surface area contributed by atoms with Crippen molar-refractivity contribution in [3.05, 3.63) is 30.3 Å². The highest BCUT2D eigenvalue weighted by Gasteiger charge is 2.33. The lowest BCUT2D eigenvalue weighted by atomic mass is 9.94. The van der Waals surface area contributed by atoms with Crippen LogP contribution in [0.4, 0.5) is 5.69 Å². The molecular weight excluding hydrogens is 316 g/mol. The topological polar surface area (TPSA) is 58.1 Å². The molecule has 2 saturated heterocycles. The van der Waals surface area contributed by atoms with E-state index in [1.54, 1.807) is 7.11 Å². The number of benzene rings is 1. The van der Waals surface area contributed by atoms with Gasteiger partial charge in [0, 0.05) is 71.6 Å². The van der Waals surface area contributed by atoms with E-state index in [0.29, 0.717) is 6.04 Å². The molecule has 2 fully saturated rings. The molecule has 2 aliphatic heterocycles. The van der Waals surface area contributed by atoms with Crippen molar-refractivity contribution in [2.24, 2.45) is 4.99 Å². The standard InChI is InChI=1S/C19H30N4O2/c1-20-18(21-15-19(24-2)9-12-25-13-10-19)22-16-8-11-23(14-16)17-6-4-3-5-7-17/h3-7,16H,8-15H2,1-2H3,(H2,20,21,22). The molecule has 138 valence electrons. The lowest BCUT2D eigenvalue weighted by Crippen LogP contribution is -2.52. The predicted molar refractivity (Wildman–Crippen MR) is 101 cm³/mol. The summed E-state index contributed by atoms with van der Waals surface area (Å²) >= 11 is 0. The van der Waals surface area contributed by atoms with Crippen molar-refractivity contribution in [1.29, 1.82) is 0 Å². The summed E-state index contributed by atoms with van der Waals surface area (Å²) in [4.78, 5) is 6.80. The minimum absolute atomic E-state index is 0.151. The van der Waals surface area contributed by atoms with Gasteiger partial charge in [0.15, 0.2) is 5.96 Å². The minimum atomic E-state index is -0.151. The van der Waals surface area contributed by atoms with Gasteiger partial charge in [-0.05, 0) is 18.6 Å². The second-order valence-corrected chi connectivity index (χ2v) is 6.84. The Hall–Kier alpha value is -1.79. The number of guanidine groups is 1. The van der Waals surface area contributed by atoms with Gasteiger partial charge in [0.05, 0.1) is 5.60 Å². The summed E-state index contributed by atoms with van der Waals surface area (Å²) in [7, 11) is 3.61. The quantitative estimate of drug-likeness (QED) is 0.627. The Balaban J connectivity index is 1.49. The second-order valence-electron chi connectivity index (χ2n) is 6.84. The average Bonchev–Trinajstić information content (AvgIpc) is 3.15. The molecule has 25 heavy (non-hydrogen) atoms. The SMILES string of the molecule is CN=C(NCC1(OC)CCOCC1)NC1CCN(c2ccccc2)C1. The monoisotopic (exact) mass is 346 g/mol. The fourth-order valence-electron chi connectivity index (χ4n) is 3.58. The van der Waals surface area contributed by atoms with Crippen molar-refractivity contribution in [2.75, 3.05) is 51.9 Å². The first kappa shape index (κ1) is 18.0. The van der Waals surface area contributed by atoms with E-state index in [4.69, 9.17) is 9.47 Å². The van der Waals surface area contributed by atoms with Gasteiger partial charge in [-0.2, -0.15) is 0 Å². The summed E-state index contributed by atoms with van der Waals surface area (Å²) in [6.07, 6.45) is 2.94. The van der Waals surface area contributed by atoms with Crippen LogP contribution in [0.15, 0.2) is 35.3 Å². The van der Waals surface area contributed by atoms with Crippen LogP contribution in [-0.4, -0.2) is 64.6 Å². The van der Waals surface area contributed by atoms with Gasteiger partial charge < -0.3 is 25.0 Å². The highest BCUT2D eigenvalue weighted by Crippen LogP contribution is 2.23. The van der Waals surface area contributed by atoms with E-state index in [-0.39, 0.29) is 5.60 Å². The maximum Gasteiger partial charge on any atom is 0.191 e. The van der Waals surface area contributed by atoms with Crippen LogP contribution in [0, 0.1) is 0 Å². The van der Waals surface area contributed by atoms with Gasteiger partial charge in [0.2, 0.25) is 0 Å². The van der Waals surface area contributed by atoms with E-state index in [1.807, 2.05) is 7.05 Å². The van der Waals surface area contributed by atoms with Gasteiger partial charge in [-0.3, -0.25) is 4.99 Å². The van der Waals surface area contributed by atoms with Gasteiger partial charge in [-0.15, -0.1) is 0 Å². The molecule has 0 aliphatic carbocycles. The van der Waals surface area contributed by atoms with E-state index < -0.39 is 0 Å². The molecule has 0 aromatic heterocycles. The number of hydrogen-bond donors (Lipinski definition) is 2. The number of rotatable bonds is 5. The van der Waals surface area contributed by atoms with Crippen molar-refractivity contribution in [3.63, 3.8) is 0 Å². The first-order chi connectivity index (χ1) is 12.2.